The second-order valence-electron chi connectivity index (χ2n) is 6.39. The summed E-state index contributed by atoms with van der Waals surface area (Å²) in [5.41, 5.74) is 0. The lowest BCUT2D eigenvalue weighted by Gasteiger charge is -2.31. The van der Waals surface area contributed by atoms with Gasteiger partial charge in [0.15, 0.2) is 0 Å². The van der Waals surface area contributed by atoms with Crippen LogP contribution < -0.4 is 5.32 Å². The van der Waals surface area contributed by atoms with Crippen LogP contribution in [0.1, 0.15) is 40.5 Å². The van der Waals surface area contributed by atoms with Crippen LogP contribution in [0, 0.1) is 11.8 Å². The first-order valence-corrected chi connectivity index (χ1v) is 7.61. The number of ether oxygens (including phenoxy) is 1. The fraction of sp³-hybridized carbons (Fsp3) is 1.00. The summed E-state index contributed by atoms with van der Waals surface area (Å²) < 4.78 is 5.54. The fourth-order valence-electron chi connectivity index (χ4n) is 2.22. The number of nitrogens with zero attached hydrogens (tertiary/aromatic N) is 1. The maximum Gasteiger partial charge on any atom is 0.0632 e. The summed E-state index contributed by atoms with van der Waals surface area (Å²) in [6.07, 6.45) is 2.59. The summed E-state index contributed by atoms with van der Waals surface area (Å²) in [6, 6.07) is 0.526. The van der Waals surface area contributed by atoms with Crippen molar-refractivity contribution in [2.24, 2.45) is 11.8 Å². The predicted octanol–water partition coefficient (Wildman–Crippen LogP) is 2.37. The summed E-state index contributed by atoms with van der Waals surface area (Å²) in [7, 11) is 0. The monoisotopic (exact) mass is 256 g/mol. The largest absolute Gasteiger partial charge is 0.378 e. The minimum atomic E-state index is 0.526. The molecule has 0 aliphatic carbocycles. The topological polar surface area (TPSA) is 24.5 Å². The molecule has 18 heavy (non-hydrogen) atoms. The first kappa shape index (κ1) is 15.9. The highest BCUT2D eigenvalue weighted by atomic mass is 16.5. The highest BCUT2D eigenvalue weighted by Gasteiger charge is 2.17. The van der Waals surface area contributed by atoms with Gasteiger partial charge < -0.3 is 15.0 Å². The van der Waals surface area contributed by atoms with E-state index in [-0.39, 0.29) is 0 Å². The number of morpholine rings is 1. The molecule has 0 aromatic carbocycles. The van der Waals surface area contributed by atoms with Crippen molar-refractivity contribution in [3.63, 3.8) is 0 Å². The Labute approximate surface area is 113 Å². The molecule has 0 aromatic rings. The van der Waals surface area contributed by atoms with Crippen molar-refractivity contribution in [3.8, 4) is 0 Å². The molecule has 0 aromatic heterocycles. The zero-order valence-corrected chi connectivity index (χ0v) is 12.7. The van der Waals surface area contributed by atoms with Crippen LogP contribution in [0.5, 0.6) is 0 Å². The van der Waals surface area contributed by atoms with E-state index in [1.807, 2.05) is 0 Å². The van der Waals surface area contributed by atoms with E-state index in [4.69, 9.17) is 4.74 Å². The van der Waals surface area contributed by atoms with Crippen LogP contribution in [-0.4, -0.2) is 50.3 Å². The molecule has 0 spiro atoms. The van der Waals surface area contributed by atoms with Gasteiger partial charge in [0, 0.05) is 19.1 Å². The van der Waals surface area contributed by atoms with E-state index in [1.165, 1.54) is 25.9 Å². The Morgan fingerprint density at radius 1 is 1.11 bits per heavy atom. The molecular weight excluding hydrogens is 224 g/mol. The zero-order valence-electron chi connectivity index (χ0n) is 12.7. The highest BCUT2D eigenvalue weighted by Crippen LogP contribution is 2.08. The molecule has 1 aliphatic rings. The van der Waals surface area contributed by atoms with Crippen LogP contribution in [-0.2, 0) is 4.74 Å². The fourth-order valence-corrected chi connectivity index (χ4v) is 2.22. The van der Waals surface area contributed by atoms with E-state index in [0.717, 1.165) is 38.1 Å². The molecule has 1 heterocycles. The Morgan fingerprint density at radius 3 is 2.17 bits per heavy atom. The maximum atomic E-state index is 5.54. The van der Waals surface area contributed by atoms with Crippen LogP contribution in [0.3, 0.4) is 0 Å². The summed E-state index contributed by atoms with van der Waals surface area (Å²) in [4.78, 5) is 2.62. The summed E-state index contributed by atoms with van der Waals surface area (Å²) in [6.45, 7) is 15.6. The van der Waals surface area contributed by atoms with Crippen LogP contribution in [0.2, 0.25) is 0 Å². The van der Waals surface area contributed by atoms with Crippen molar-refractivity contribution >= 4 is 0 Å². The minimum Gasteiger partial charge on any atom is -0.378 e. The molecule has 0 bridgehead atoms. The van der Waals surface area contributed by atoms with E-state index in [0.29, 0.717) is 6.04 Å². The van der Waals surface area contributed by atoms with Crippen molar-refractivity contribution in [1.29, 1.82) is 0 Å². The molecule has 0 amide bonds. The second kappa shape index (κ2) is 8.89. The van der Waals surface area contributed by atoms with Gasteiger partial charge in [0.05, 0.1) is 13.2 Å². The Balaban J connectivity index is 2.31. The van der Waals surface area contributed by atoms with Gasteiger partial charge in [-0.3, -0.25) is 0 Å². The highest BCUT2D eigenvalue weighted by molar-refractivity contribution is 4.75. The molecule has 1 unspecified atom stereocenters. The van der Waals surface area contributed by atoms with E-state index in [2.05, 4.69) is 37.9 Å². The first-order chi connectivity index (χ1) is 8.58. The molecular formula is C15H32N2O. The summed E-state index contributed by atoms with van der Waals surface area (Å²) in [5.74, 6) is 1.59. The van der Waals surface area contributed by atoms with Gasteiger partial charge in [0.1, 0.15) is 0 Å². The third-order valence-corrected chi connectivity index (χ3v) is 3.52. The molecule has 1 atom stereocenters. The van der Waals surface area contributed by atoms with E-state index in [9.17, 15) is 0 Å². The van der Waals surface area contributed by atoms with Gasteiger partial charge in [-0.25, -0.2) is 0 Å². The summed E-state index contributed by atoms with van der Waals surface area (Å²) >= 11 is 0. The molecule has 1 fully saturated rings. The van der Waals surface area contributed by atoms with Crippen molar-refractivity contribution in [2.45, 2.75) is 46.6 Å². The van der Waals surface area contributed by atoms with Crippen molar-refractivity contribution in [2.75, 3.05) is 39.4 Å². The van der Waals surface area contributed by atoms with Crippen LogP contribution in [0.4, 0.5) is 0 Å². The standard InChI is InChI=1S/C15H32N2O/c1-13(2)5-8-17(9-6-14(3)4)11-15-12-18-10-7-16-15/h13-16H,5-12H2,1-4H3. The molecule has 108 valence electrons. The Kier molecular flexibility index (Phi) is 7.87. The van der Waals surface area contributed by atoms with Gasteiger partial charge in [-0.15, -0.1) is 0 Å². The average Bonchev–Trinajstić information content (AvgIpc) is 2.33. The van der Waals surface area contributed by atoms with Crippen molar-refractivity contribution in [3.05, 3.63) is 0 Å². The first-order valence-electron chi connectivity index (χ1n) is 7.61. The lowest BCUT2D eigenvalue weighted by Crippen LogP contribution is -2.49. The second-order valence-corrected chi connectivity index (χ2v) is 6.39. The number of hydrogen-bond donors (Lipinski definition) is 1. The Hall–Kier alpha value is -0.120. The maximum absolute atomic E-state index is 5.54. The molecule has 3 heteroatoms. The van der Waals surface area contributed by atoms with Crippen molar-refractivity contribution < 1.29 is 4.74 Å². The smallest absolute Gasteiger partial charge is 0.0632 e. The van der Waals surface area contributed by atoms with Crippen LogP contribution in [0.25, 0.3) is 0 Å². The molecule has 1 saturated heterocycles. The van der Waals surface area contributed by atoms with E-state index in [1.54, 1.807) is 0 Å². The number of nitrogens with one attached hydrogen (secondary N) is 1. The van der Waals surface area contributed by atoms with Crippen molar-refractivity contribution in [1.82, 2.24) is 10.2 Å². The average molecular weight is 256 g/mol. The van der Waals surface area contributed by atoms with Gasteiger partial charge in [-0.05, 0) is 37.8 Å². The number of rotatable bonds is 8. The molecule has 1 N–H and O–H groups in total. The zero-order chi connectivity index (χ0) is 13.4. The van der Waals surface area contributed by atoms with Gasteiger partial charge in [-0.1, -0.05) is 27.7 Å². The molecule has 3 nitrogen and oxygen atoms in total. The normalized spacial score (nSPS) is 21.2. The Bertz CT molecular complexity index is 189. The summed E-state index contributed by atoms with van der Waals surface area (Å²) in [5, 5.41) is 3.56. The lowest BCUT2D eigenvalue weighted by molar-refractivity contribution is 0.0604. The number of hydrogen-bond acceptors (Lipinski definition) is 3. The van der Waals surface area contributed by atoms with Gasteiger partial charge in [-0.2, -0.15) is 0 Å². The van der Waals surface area contributed by atoms with Crippen LogP contribution in [0.15, 0.2) is 0 Å². The molecule has 1 rings (SSSR count). The molecule has 0 radical (unpaired) electrons. The van der Waals surface area contributed by atoms with Crippen LogP contribution >= 0.6 is 0 Å². The molecule has 0 saturated carbocycles. The lowest BCUT2D eigenvalue weighted by atomic mass is 10.1. The minimum absolute atomic E-state index is 0.526. The van der Waals surface area contributed by atoms with Gasteiger partial charge in [0.25, 0.3) is 0 Å². The quantitative estimate of drug-likeness (QED) is 0.721. The van der Waals surface area contributed by atoms with E-state index >= 15 is 0 Å². The third kappa shape index (κ3) is 7.34. The van der Waals surface area contributed by atoms with E-state index < -0.39 is 0 Å². The third-order valence-electron chi connectivity index (χ3n) is 3.52. The molecule has 1 aliphatic heterocycles. The Morgan fingerprint density at radius 2 is 1.72 bits per heavy atom. The van der Waals surface area contributed by atoms with Gasteiger partial charge in [0.2, 0.25) is 0 Å². The SMILES string of the molecule is CC(C)CCN(CCC(C)C)CC1COCCN1. The predicted molar refractivity (Wildman–Crippen MR) is 78.0 cm³/mol. The van der Waals surface area contributed by atoms with Gasteiger partial charge >= 0.3 is 0 Å².